The van der Waals surface area contributed by atoms with Crippen LogP contribution in [0.4, 0.5) is 5.82 Å². The summed E-state index contributed by atoms with van der Waals surface area (Å²) in [6, 6.07) is 2.19. The maximum absolute atomic E-state index is 4.73. The number of aryl methyl sites for hydroxylation is 2. The standard InChI is InChI=1S/C14H21N5/c1-3-6-19-10-12-11(2)9-13(16-14(12)17-19)18-7-4-15-5-8-18/h9-10,15H,3-8H2,1-2H3. The van der Waals surface area contributed by atoms with Crippen LogP contribution in [0.15, 0.2) is 12.3 Å². The highest BCUT2D eigenvalue weighted by Crippen LogP contribution is 2.22. The fourth-order valence-corrected chi connectivity index (χ4v) is 2.58. The van der Waals surface area contributed by atoms with Gasteiger partial charge in [-0.2, -0.15) is 5.10 Å². The number of anilines is 1. The molecule has 1 aliphatic rings. The summed E-state index contributed by atoms with van der Waals surface area (Å²) < 4.78 is 2.01. The number of hydrogen-bond acceptors (Lipinski definition) is 4. The van der Waals surface area contributed by atoms with Crippen molar-refractivity contribution >= 4 is 16.9 Å². The molecule has 3 rings (SSSR count). The van der Waals surface area contributed by atoms with E-state index in [0.29, 0.717) is 0 Å². The predicted octanol–water partition coefficient (Wildman–Crippen LogP) is 1.56. The van der Waals surface area contributed by atoms with Gasteiger partial charge in [0.2, 0.25) is 0 Å². The van der Waals surface area contributed by atoms with Crippen LogP contribution >= 0.6 is 0 Å². The van der Waals surface area contributed by atoms with Crippen LogP contribution in [-0.2, 0) is 6.54 Å². The summed E-state index contributed by atoms with van der Waals surface area (Å²) in [5, 5.41) is 9.12. The quantitative estimate of drug-likeness (QED) is 0.908. The molecule has 1 saturated heterocycles. The molecule has 0 atom stereocenters. The Hall–Kier alpha value is -1.62. The molecule has 0 radical (unpaired) electrons. The van der Waals surface area contributed by atoms with Gasteiger partial charge in [0.15, 0.2) is 5.65 Å². The van der Waals surface area contributed by atoms with Gasteiger partial charge in [-0.05, 0) is 25.0 Å². The number of pyridine rings is 1. The first-order valence-corrected chi connectivity index (χ1v) is 7.08. The number of hydrogen-bond donors (Lipinski definition) is 1. The highest BCUT2D eigenvalue weighted by atomic mass is 15.3. The minimum atomic E-state index is 0.877. The lowest BCUT2D eigenvalue weighted by atomic mass is 10.2. The smallest absolute Gasteiger partial charge is 0.183 e. The highest BCUT2D eigenvalue weighted by molar-refractivity contribution is 5.80. The zero-order valence-corrected chi connectivity index (χ0v) is 11.7. The first kappa shape index (κ1) is 12.4. The van der Waals surface area contributed by atoms with Crippen molar-refractivity contribution in [3.63, 3.8) is 0 Å². The minimum Gasteiger partial charge on any atom is -0.354 e. The fourth-order valence-electron chi connectivity index (χ4n) is 2.58. The number of piperazine rings is 1. The normalized spacial score (nSPS) is 16.2. The number of rotatable bonds is 3. The SMILES string of the molecule is CCCn1cc2c(C)cc(N3CCNCC3)nc2n1. The van der Waals surface area contributed by atoms with Crippen molar-refractivity contribution in [2.24, 2.45) is 0 Å². The summed E-state index contributed by atoms with van der Waals surface area (Å²) in [5.41, 5.74) is 2.14. The second kappa shape index (κ2) is 5.17. The van der Waals surface area contributed by atoms with E-state index in [4.69, 9.17) is 4.98 Å². The Kier molecular flexibility index (Phi) is 3.38. The van der Waals surface area contributed by atoms with E-state index < -0.39 is 0 Å². The molecule has 19 heavy (non-hydrogen) atoms. The van der Waals surface area contributed by atoms with E-state index >= 15 is 0 Å². The van der Waals surface area contributed by atoms with E-state index in [9.17, 15) is 0 Å². The van der Waals surface area contributed by atoms with E-state index in [1.165, 1.54) is 10.9 Å². The summed E-state index contributed by atoms with van der Waals surface area (Å²) in [4.78, 5) is 7.06. The second-order valence-electron chi connectivity index (χ2n) is 5.16. The molecule has 102 valence electrons. The molecule has 5 heteroatoms. The van der Waals surface area contributed by atoms with Gasteiger partial charge in [0.25, 0.3) is 0 Å². The van der Waals surface area contributed by atoms with Crippen molar-refractivity contribution in [3.8, 4) is 0 Å². The fraction of sp³-hybridized carbons (Fsp3) is 0.571. The van der Waals surface area contributed by atoms with Crippen molar-refractivity contribution in [3.05, 3.63) is 17.8 Å². The van der Waals surface area contributed by atoms with Gasteiger partial charge in [0.05, 0.1) is 0 Å². The molecule has 0 aliphatic carbocycles. The largest absolute Gasteiger partial charge is 0.354 e. The molecule has 2 aromatic heterocycles. The Morgan fingerprint density at radius 2 is 2.11 bits per heavy atom. The molecule has 3 heterocycles. The third-order valence-corrected chi connectivity index (χ3v) is 3.63. The molecule has 0 saturated carbocycles. The third-order valence-electron chi connectivity index (χ3n) is 3.63. The maximum atomic E-state index is 4.73. The molecule has 1 fully saturated rings. The summed E-state index contributed by atoms with van der Waals surface area (Å²) in [6.45, 7) is 9.37. The monoisotopic (exact) mass is 259 g/mol. The van der Waals surface area contributed by atoms with Crippen LogP contribution in [0.25, 0.3) is 11.0 Å². The second-order valence-corrected chi connectivity index (χ2v) is 5.16. The van der Waals surface area contributed by atoms with Gasteiger partial charge in [0, 0.05) is 44.3 Å². The lowest BCUT2D eigenvalue weighted by molar-refractivity contribution is 0.584. The Morgan fingerprint density at radius 3 is 2.84 bits per heavy atom. The van der Waals surface area contributed by atoms with Crippen molar-refractivity contribution < 1.29 is 0 Å². The first-order valence-electron chi connectivity index (χ1n) is 7.08. The molecule has 0 aromatic carbocycles. The highest BCUT2D eigenvalue weighted by Gasteiger charge is 2.14. The number of nitrogens with one attached hydrogen (secondary N) is 1. The molecule has 0 amide bonds. The molecule has 2 aromatic rings. The van der Waals surface area contributed by atoms with E-state index in [0.717, 1.165) is 50.6 Å². The number of aromatic nitrogens is 3. The van der Waals surface area contributed by atoms with Gasteiger partial charge >= 0.3 is 0 Å². The van der Waals surface area contributed by atoms with Crippen LogP contribution < -0.4 is 10.2 Å². The molecular formula is C14H21N5. The lowest BCUT2D eigenvalue weighted by Gasteiger charge is -2.28. The van der Waals surface area contributed by atoms with E-state index in [1.807, 2.05) is 4.68 Å². The van der Waals surface area contributed by atoms with Gasteiger partial charge in [-0.15, -0.1) is 0 Å². The Balaban J connectivity index is 1.97. The van der Waals surface area contributed by atoms with Crippen LogP contribution in [0.3, 0.4) is 0 Å². The van der Waals surface area contributed by atoms with Gasteiger partial charge in [-0.25, -0.2) is 4.98 Å². The van der Waals surface area contributed by atoms with Crippen LogP contribution in [-0.4, -0.2) is 40.9 Å². The predicted molar refractivity (Wildman–Crippen MR) is 77.6 cm³/mol. The zero-order chi connectivity index (χ0) is 13.2. The Labute approximate surface area is 113 Å². The number of fused-ring (bicyclic) bond motifs is 1. The van der Waals surface area contributed by atoms with Crippen molar-refractivity contribution in [2.75, 3.05) is 31.1 Å². The van der Waals surface area contributed by atoms with Crippen LogP contribution in [0.5, 0.6) is 0 Å². The van der Waals surface area contributed by atoms with Crippen LogP contribution in [0, 0.1) is 6.92 Å². The van der Waals surface area contributed by atoms with Crippen LogP contribution in [0.2, 0.25) is 0 Å². The Bertz CT molecular complexity index is 568. The summed E-state index contributed by atoms with van der Waals surface area (Å²) >= 11 is 0. The van der Waals surface area contributed by atoms with Crippen LogP contribution in [0.1, 0.15) is 18.9 Å². The maximum Gasteiger partial charge on any atom is 0.183 e. The van der Waals surface area contributed by atoms with Gasteiger partial charge in [-0.3, -0.25) is 4.68 Å². The van der Waals surface area contributed by atoms with Gasteiger partial charge in [-0.1, -0.05) is 6.92 Å². The molecule has 0 bridgehead atoms. The minimum absolute atomic E-state index is 0.877. The number of nitrogens with zero attached hydrogens (tertiary/aromatic N) is 4. The average Bonchev–Trinajstić information content (AvgIpc) is 2.83. The average molecular weight is 259 g/mol. The van der Waals surface area contributed by atoms with E-state index in [-0.39, 0.29) is 0 Å². The Morgan fingerprint density at radius 1 is 1.32 bits per heavy atom. The summed E-state index contributed by atoms with van der Waals surface area (Å²) in [7, 11) is 0. The van der Waals surface area contributed by atoms with Gasteiger partial charge < -0.3 is 10.2 Å². The zero-order valence-electron chi connectivity index (χ0n) is 11.7. The van der Waals surface area contributed by atoms with Crippen molar-refractivity contribution in [1.82, 2.24) is 20.1 Å². The lowest BCUT2D eigenvalue weighted by Crippen LogP contribution is -2.43. The van der Waals surface area contributed by atoms with Crippen molar-refractivity contribution in [1.29, 1.82) is 0 Å². The topological polar surface area (TPSA) is 46.0 Å². The van der Waals surface area contributed by atoms with E-state index in [2.05, 4.69) is 41.4 Å². The molecule has 0 unspecified atom stereocenters. The molecule has 1 aliphatic heterocycles. The van der Waals surface area contributed by atoms with Gasteiger partial charge in [0.1, 0.15) is 5.82 Å². The third kappa shape index (κ3) is 2.42. The summed E-state index contributed by atoms with van der Waals surface area (Å²) in [6.07, 6.45) is 3.21. The summed E-state index contributed by atoms with van der Waals surface area (Å²) in [5.74, 6) is 1.06. The molecule has 0 spiro atoms. The molecule has 5 nitrogen and oxygen atoms in total. The van der Waals surface area contributed by atoms with Crippen molar-refractivity contribution in [2.45, 2.75) is 26.8 Å². The molecular weight excluding hydrogens is 238 g/mol. The molecule has 1 N–H and O–H groups in total. The first-order chi connectivity index (χ1) is 9.28. The van der Waals surface area contributed by atoms with E-state index in [1.54, 1.807) is 0 Å².